The summed E-state index contributed by atoms with van der Waals surface area (Å²) in [5.41, 5.74) is 2.43. The van der Waals surface area contributed by atoms with Gasteiger partial charge in [-0.2, -0.15) is 0 Å². The van der Waals surface area contributed by atoms with Crippen LogP contribution in [0.5, 0.6) is 0 Å². The Balaban J connectivity index is 2.02. The van der Waals surface area contributed by atoms with E-state index in [2.05, 4.69) is 20.9 Å². The van der Waals surface area contributed by atoms with E-state index in [-0.39, 0.29) is 5.82 Å². The molecular formula is C13H9BrFN3. The second-order valence-corrected chi connectivity index (χ2v) is 5.01. The van der Waals surface area contributed by atoms with Crippen LogP contribution in [0.1, 0.15) is 11.1 Å². The third kappa shape index (κ3) is 1.80. The number of amidine groups is 1. The van der Waals surface area contributed by atoms with Crippen LogP contribution < -0.4 is 4.90 Å². The quantitative estimate of drug-likeness (QED) is 0.878. The number of fused-ring (bicyclic) bond motifs is 1. The van der Waals surface area contributed by atoms with Crippen molar-refractivity contribution >= 4 is 27.5 Å². The molecule has 0 atom stereocenters. The van der Waals surface area contributed by atoms with Crippen molar-refractivity contribution in [1.82, 2.24) is 4.98 Å². The summed E-state index contributed by atoms with van der Waals surface area (Å²) >= 11 is 3.36. The normalized spacial score (nSPS) is 13.9. The molecule has 5 heteroatoms. The number of aromatic nitrogens is 1. The first-order valence-electron chi connectivity index (χ1n) is 5.40. The zero-order valence-electron chi connectivity index (χ0n) is 9.32. The molecule has 0 bridgehead atoms. The zero-order chi connectivity index (χ0) is 12.7. The lowest BCUT2D eigenvalue weighted by molar-refractivity contribution is 0.627. The molecule has 0 saturated carbocycles. The van der Waals surface area contributed by atoms with Crippen molar-refractivity contribution in [1.29, 1.82) is 5.41 Å². The third-order valence-electron chi connectivity index (χ3n) is 2.93. The first-order chi connectivity index (χ1) is 8.65. The van der Waals surface area contributed by atoms with Gasteiger partial charge < -0.3 is 4.90 Å². The van der Waals surface area contributed by atoms with E-state index in [1.807, 2.05) is 11.0 Å². The minimum absolute atomic E-state index is 0.310. The van der Waals surface area contributed by atoms with Crippen molar-refractivity contribution in [2.75, 3.05) is 4.90 Å². The number of anilines is 1. The fourth-order valence-corrected chi connectivity index (χ4v) is 2.42. The summed E-state index contributed by atoms with van der Waals surface area (Å²) in [6.45, 7) is 0.576. The van der Waals surface area contributed by atoms with E-state index in [0.29, 0.717) is 17.9 Å². The molecule has 0 unspecified atom stereocenters. The smallest absolute Gasteiger partial charge is 0.133 e. The highest BCUT2D eigenvalue weighted by Gasteiger charge is 2.25. The van der Waals surface area contributed by atoms with Crippen LogP contribution in [0.4, 0.5) is 10.1 Å². The lowest BCUT2D eigenvalue weighted by atomic mass is 10.1. The highest BCUT2D eigenvalue weighted by Crippen LogP contribution is 2.29. The number of benzene rings is 1. The molecule has 1 aromatic carbocycles. The van der Waals surface area contributed by atoms with Gasteiger partial charge in [-0.05, 0) is 39.7 Å². The Morgan fingerprint density at radius 2 is 2.11 bits per heavy atom. The van der Waals surface area contributed by atoms with E-state index in [1.165, 1.54) is 12.1 Å². The molecule has 1 aliphatic heterocycles. The van der Waals surface area contributed by atoms with Gasteiger partial charge in [0.1, 0.15) is 11.7 Å². The highest BCUT2D eigenvalue weighted by molar-refractivity contribution is 9.10. The Kier molecular flexibility index (Phi) is 2.63. The predicted molar refractivity (Wildman–Crippen MR) is 71.3 cm³/mol. The first kappa shape index (κ1) is 11.3. The molecule has 0 radical (unpaired) electrons. The van der Waals surface area contributed by atoms with Crippen LogP contribution in [0, 0.1) is 11.2 Å². The predicted octanol–water partition coefficient (Wildman–Crippen LogP) is 3.33. The Hall–Kier alpha value is -1.75. The molecule has 3 nitrogen and oxygen atoms in total. The summed E-state index contributed by atoms with van der Waals surface area (Å²) in [5.74, 6) is -0.00267. The van der Waals surface area contributed by atoms with Crippen LogP contribution in [0.3, 0.4) is 0 Å². The topological polar surface area (TPSA) is 40.0 Å². The SMILES string of the molecule is N=C1c2cc(F)ccc2CN1c1cncc(Br)c1. The van der Waals surface area contributed by atoms with E-state index < -0.39 is 0 Å². The highest BCUT2D eigenvalue weighted by atomic mass is 79.9. The molecule has 0 saturated heterocycles. The standard InChI is InChI=1S/C13H9BrFN3/c14-9-3-11(6-17-5-9)18-7-8-1-2-10(15)4-12(8)13(18)16/h1-6,16H,7H2. The molecular weight excluding hydrogens is 297 g/mol. The van der Waals surface area contributed by atoms with Crippen molar-refractivity contribution in [3.05, 3.63) is 58.1 Å². The maximum Gasteiger partial charge on any atom is 0.133 e. The minimum Gasteiger partial charge on any atom is -0.320 e. The summed E-state index contributed by atoms with van der Waals surface area (Å²) in [7, 11) is 0. The minimum atomic E-state index is -0.312. The van der Waals surface area contributed by atoms with Crippen molar-refractivity contribution in [2.45, 2.75) is 6.54 Å². The van der Waals surface area contributed by atoms with E-state index in [9.17, 15) is 4.39 Å². The molecule has 0 fully saturated rings. The van der Waals surface area contributed by atoms with Gasteiger partial charge in [-0.15, -0.1) is 0 Å². The second kappa shape index (κ2) is 4.17. The Labute approximate surface area is 112 Å². The molecule has 2 aromatic rings. The average Bonchev–Trinajstić information content (AvgIpc) is 2.67. The van der Waals surface area contributed by atoms with Gasteiger partial charge in [-0.25, -0.2) is 4.39 Å². The fourth-order valence-electron chi connectivity index (χ4n) is 2.07. The summed E-state index contributed by atoms with van der Waals surface area (Å²) in [4.78, 5) is 5.89. The lowest BCUT2D eigenvalue weighted by Gasteiger charge is -2.17. The molecule has 0 amide bonds. The van der Waals surface area contributed by atoms with Gasteiger partial charge in [0, 0.05) is 16.2 Å². The monoisotopic (exact) mass is 305 g/mol. The first-order valence-corrected chi connectivity index (χ1v) is 6.20. The van der Waals surface area contributed by atoms with E-state index in [0.717, 1.165) is 15.7 Å². The van der Waals surface area contributed by atoms with Crippen molar-refractivity contribution in [3.63, 3.8) is 0 Å². The number of nitrogens with one attached hydrogen (secondary N) is 1. The average molecular weight is 306 g/mol. The van der Waals surface area contributed by atoms with Gasteiger partial charge in [0.25, 0.3) is 0 Å². The van der Waals surface area contributed by atoms with Crippen molar-refractivity contribution in [3.8, 4) is 0 Å². The molecule has 18 heavy (non-hydrogen) atoms. The zero-order valence-corrected chi connectivity index (χ0v) is 10.9. The van der Waals surface area contributed by atoms with Crippen molar-refractivity contribution in [2.24, 2.45) is 0 Å². The number of halogens is 2. The summed E-state index contributed by atoms with van der Waals surface area (Å²) in [6, 6.07) is 6.45. The second-order valence-electron chi connectivity index (χ2n) is 4.10. The third-order valence-corrected chi connectivity index (χ3v) is 3.36. The fraction of sp³-hybridized carbons (Fsp3) is 0.0769. The number of hydrogen-bond donors (Lipinski definition) is 1. The van der Waals surface area contributed by atoms with Crippen LogP contribution in [0.2, 0.25) is 0 Å². The Bertz CT molecular complexity index is 642. The number of hydrogen-bond acceptors (Lipinski definition) is 2. The van der Waals surface area contributed by atoms with Gasteiger partial charge in [-0.3, -0.25) is 10.4 Å². The van der Waals surface area contributed by atoms with E-state index >= 15 is 0 Å². The van der Waals surface area contributed by atoms with Gasteiger partial charge in [0.15, 0.2) is 0 Å². The van der Waals surface area contributed by atoms with Crippen LogP contribution in [-0.4, -0.2) is 10.8 Å². The Morgan fingerprint density at radius 3 is 2.89 bits per heavy atom. The van der Waals surface area contributed by atoms with Crippen LogP contribution in [-0.2, 0) is 6.54 Å². The van der Waals surface area contributed by atoms with Crippen LogP contribution >= 0.6 is 15.9 Å². The van der Waals surface area contributed by atoms with Gasteiger partial charge >= 0.3 is 0 Å². The summed E-state index contributed by atoms with van der Waals surface area (Å²) in [6.07, 6.45) is 3.39. The maximum absolute atomic E-state index is 13.2. The molecule has 2 heterocycles. The van der Waals surface area contributed by atoms with Crippen LogP contribution in [0.25, 0.3) is 0 Å². The molecule has 1 N–H and O–H groups in total. The summed E-state index contributed by atoms with van der Waals surface area (Å²) in [5, 5.41) is 8.11. The number of pyridine rings is 1. The largest absolute Gasteiger partial charge is 0.320 e. The molecule has 0 aliphatic carbocycles. The number of nitrogens with zero attached hydrogens (tertiary/aromatic N) is 2. The molecule has 90 valence electrons. The van der Waals surface area contributed by atoms with Crippen molar-refractivity contribution < 1.29 is 4.39 Å². The maximum atomic E-state index is 13.2. The molecule has 1 aliphatic rings. The molecule has 1 aromatic heterocycles. The summed E-state index contributed by atoms with van der Waals surface area (Å²) < 4.78 is 14.1. The van der Waals surface area contributed by atoms with Gasteiger partial charge in [0.05, 0.1) is 18.4 Å². The number of rotatable bonds is 1. The van der Waals surface area contributed by atoms with Gasteiger partial charge in [0.2, 0.25) is 0 Å². The molecule has 3 rings (SSSR count). The molecule has 0 spiro atoms. The van der Waals surface area contributed by atoms with E-state index in [1.54, 1.807) is 18.5 Å². The van der Waals surface area contributed by atoms with E-state index in [4.69, 9.17) is 5.41 Å². The Morgan fingerprint density at radius 1 is 1.28 bits per heavy atom. The van der Waals surface area contributed by atoms with Crippen LogP contribution in [0.15, 0.2) is 41.1 Å². The van der Waals surface area contributed by atoms with Gasteiger partial charge in [-0.1, -0.05) is 6.07 Å². The lowest BCUT2D eigenvalue weighted by Crippen LogP contribution is -2.23.